The molecule has 0 saturated heterocycles. The maximum Gasteiger partial charge on any atom is 0.169 e. The van der Waals surface area contributed by atoms with E-state index in [2.05, 4.69) is 41.5 Å². The Kier molecular flexibility index (Phi) is 3.54. The normalized spacial score (nSPS) is 11.0. The molecular weight excluding hydrogens is 252 g/mol. The number of hydrogen-bond acceptors (Lipinski definition) is 3. The summed E-state index contributed by atoms with van der Waals surface area (Å²) in [5.74, 6) is 0.679. The van der Waals surface area contributed by atoms with Crippen molar-refractivity contribution in [2.75, 3.05) is 5.32 Å². The molecule has 0 atom stereocenters. The summed E-state index contributed by atoms with van der Waals surface area (Å²) in [6.45, 7) is 4.33. The van der Waals surface area contributed by atoms with Gasteiger partial charge in [-0.05, 0) is 30.4 Å². The van der Waals surface area contributed by atoms with Gasteiger partial charge in [0.05, 0.1) is 5.52 Å². The number of rotatable bonds is 3. The summed E-state index contributed by atoms with van der Waals surface area (Å²) < 4.78 is 0. The van der Waals surface area contributed by atoms with E-state index in [4.69, 9.17) is 18.0 Å². The first-order chi connectivity index (χ1) is 8.06. The Morgan fingerprint density at radius 2 is 2.29 bits per heavy atom. The molecule has 1 aromatic heterocycles. The summed E-state index contributed by atoms with van der Waals surface area (Å²) in [4.78, 5) is 1.21. The van der Waals surface area contributed by atoms with Gasteiger partial charge in [0.1, 0.15) is 0 Å². The van der Waals surface area contributed by atoms with Crippen molar-refractivity contribution >= 4 is 45.8 Å². The third kappa shape index (κ3) is 2.89. The van der Waals surface area contributed by atoms with Crippen molar-refractivity contribution in [1.29, 1.82) is 0 Å². The van der Waals surface area contributed by atoms with Crippen molar-refractivity contribution in [3.05, 3.63) is 18.2 Å². The van der Waals surface area contributed by atoms with Gasteiger partial charge >= 0.3 is 0 Å². The number of anilines is 1. The maximum atomic E-state index is 5.45. The smallest absolute Gasteiger partial charge is 0.169 e. The second-order valence-corrected chi connectivity index (χ2v) is 6.03. The summed E-state index contributed by atoms with van der Waals surface area (Å²) in [5, 5.41) is 11.7. The Morgan fingerprint density at radius 1 is 1.53 bits per heavy atom. The van der Waals surface area contributed by atoms with Crippen LogP contribution in [0.3, 0.4) is 0 Å². The minimum Gasteiger partial charge on any atom is -0.376 e. The number of thioether (sulfide) groups is 1. The van der Waals surface area contributed by atoms with E-state index in [-0.39, 0.29) is 5.11 Å². The first kappa shape index (κ1) is 12.2. The summed E-state index contributed by atoms with van der Waals surface area (Å²) in [6, 6.07) is 6.18. The molecule has 0 spiro atoms. The number of aromatic amines is 1. The van der Waals surface area contributed by atoms with E-state index in [1.54, 1.807) is 0 Å². The minimum absolute atomic E-state index is 0.223. The lowest BCUT2D eigenvalue weighted by atomic mass is 10.2. The molecule has 0 aliphatic heterocycles. The summed E-state index contributed by atoms with van der Waals surface area (Å²) >= 11 is 6.63. The zero-order valence-electron chi connectivity index (χ0n) is 9.65. The third-order valence-corrected chi connectivity index (χ3v) is 3.25. The molecule has 0 saturated carbocycles. The molecule has 1 aromatic carbocycles. The maximum absolute atomic E-state index is 5.45. The number of benzene rings is 1. The second kappa shape index (κ2) is 4.93. The number of nitrogens with zero attached hydrogens (tertiary/aromatic N) is 1. The molecule has 0 fully saturated rings. The summed E-state index contributed by atoms with van der Waals surface area (Å²) in [5.41, 5.74) is 6.42. The first-order valence-corrected chi connectivity index (χ1v) is 6.56. The molecule has 2 rings (SSSR count). The Morgan fingerprint density at radius 3 is 2.94 bits per heavy atom. The Hall–Kier alpha value is -1.27. The van der Waals surface area contributed by atoms with E-state index >= 15 is 0 Å². The second-order valence-electron chi connectivity index (χ2n) is 3.94. The van der Waals surface area contributed by atoms with Crippen LogP contribution in [0.25, 0.3) is 10.9 Å². The van der Waals surface area contributed by atoms with Crippen LogP contribution in [0.1, 0.15) is 13.8 Å². The van der Waals surface area contributed by atoms with Crippen molar-refractivity contribution in [1.82, 2.24) is 10.2 Å². The average Bonchev–Trinajstić information content (AvgIpc) is 2.59. The molecule has 0 amide bonds. The quantitative estimate of drug-likeness (QED) is 0.589. The van der Waals surface area contributed by atoms with Crippen molar-refractivity contribution in [3.8, 4) is 0 Å². The molecule has 0 radical (unpaired) electrons. The molecule has 4 nitrogen and oxygen atoms in total. The van der Waals surface area contributed by atoms with Gasteiger partial charge in [-0.1, -0.05) is 13.8 Å². The van der Waals surface area contributed by atoms with Crippen molar-refractivity contribution in [2.45, 2.75) is 24.0 Å². The summed E-state index contributed by atoms with van der Waals surface area (Å²) in [7, 11) is 0. The van der Waals surface area contributed by atoms with Crippen LogP contribution in [0.2, 0.25) is 0 Å². The van der Waals surface area contributed by atoms with Gasteiger partial charge in [0, 0.05) is 15.5 Å². The van der Waals surface area contributed by atoms with E-state index in [9.17, 15) is 0 Å². The predicted molar refractivity (Wildman–Crippen MR) is 77.5 cm³/mol. The molecule has 4 N–H and O–H groups in total. The van der Waals surface area contributed by atoms with Gasteiger partial charge in [0.25, 0.3) is 0 Å². The highest BCUT2D eigenvalue weighted by atomic mass is 32.2. The molecular formula is C11H14N4S2. The van der Waals surface area contributed by atoms with Gasteiger partial charge in [-0.25, -0.2) is 0 Å². The van der Waals surface area contributed by atoms with Gasteiger partial charge in [0.15, 0.2) is 10.9 Å². The molecule has 0 bridgehead atoms. The predicted octanol–water partition coefficient (Wildman–Crippen LogP) is 2.72. The zero-order chi connectivity index (χ0) is 12.4. The SMILES string of the molecule is CC(C)Sc1ccc2[nH]nc(NC(N)=S)c2c1. The van der Waals surface area contributed by atoms with Gasteiger partial charge in [-0.3, -0.25) is 5.10 Å². The van der Waals surface area contributed by atoms with Crippen LogP contribution < -0.4 is 11.1 Å². The Labute approximate surface area is 109 Å². The average molecular weight is 266 g/mol. The molecule has 0 aliphatic rings. The number of H-pyrrole nitrogens is 1. The van der Waals surface area contributed by atoms with Gasteiger partial charge < -0.3 is 11.1 Å². The van der Waals surface area contributed by atoms with Gasteiger partial charge in [-0.15, -0.1) is 11.8 Å². The van der Waals surface area contributed by atoms with Gasteiger partial charge in [-0.2, -0.15) is 5.10 Å². The fourth-order valence-electron chi connectivity index (χ4n) is 1.55. The fraction of sp³-hybridized carbons (Fsp3) is 0.273. The summed E-state index contributed by atoms with van der Waals surface area (Å²) in [6.07, 6.45) is 0. The molecule has 90 valence electrons. The molecule has 17 heavy (non-hydrogen) atoms. The van der Waals surface area contributed by atoms with E-state index in [1.165, 1.54) is 4.90 Å². The first-order valence-electron chi connectivity index (χ1n) is 5.27. The lowest BCUT2D eigenvalue weighted by Crippen LogP contribution is -2.19. The largest absolute Gasteiger partial charge is 0.376 e. The van der Waals surface area contributed by atoms with Crippen molar-refractivity contribution in [3.63, 3.8) is 0 Å². The van der Waals surface area contributed by atoms with Crippen molar-refractivity contribution < 1.29 is 0 Å². The van der Waals surface area contributed by atoms with Crippen molar-refractivity contribution in [2.24, 2.45) is 5.73 Å². The van der Waals surface area contributed by atoms with Gasteiger partial charge in [0.2, 0.25) is 0 Å². The zero-order valence-corrected chi connectivity index (χ0v) is 11.3. The van der Waals surface area contributed by atoms with Crippen LogP contribution in [0, 0.1) is 0 Å². The standard InChI is InChI=1S/C11H14N4S2/c1-6(2)17-7-3-4-9-8(5-7)10(15-14-9)13-11(12)16/h3-6H,1-2H3,(H4,12,13,14,15,16). The molecule has 2 aromatic rings. The molecule has 0 unspecified atom stereocenters. The van der Waals surface area contributed by atoms with Crippen LogP contribution in [-0.2, 0) is 0 Å². The Bertz CT molecular complexity index is 547. The van der Waals surface area contributed by atoms with E-state index < -0.39 is 0 Å². The topological polar surface area (TPSA) is 66.7 Å². The van der Waals surface area contributed by atoms with Crippen LogP contribution in [0.15, 0.2) is 23.1 Å². The number of thiocarbonyl (C=S) groups is 1. The molecule has 6 heteroatoms. The number of nitrogens with one attached hydrogen (secondary N) is 2. The molecule has 1 heterocycles. The highest BCUT2D eigenvalue weighted by Crippen LogP contribution is 2.28. The number of nitrogens with two attached hydrogens (primary N) is 1. The van der Waals surface area contributed by atoms with Crippen LogP contribution in [0.4, 0.5) is 5.82 Å². The van der Waals surface area contributed by atoms with Crippen LogP contribution >= 0.6 is 24.0 Å². The lowest BCUT2D eigenvalue weighted by molar-refractivity contribution is 1.11. The minimum atomic E-state index is 0.223. The Balaban J connectivity index is 2.39. The third-order valence-electron chi connectivity index (χ3n) is 2.15. The highest BCUT2D eigenvalue weighted by molar-refractivity contribution is 7.99. The van der Waals surface area contributed by atoms with Crippen LogP contribution in [0.5, 0.6) is 0 Å². The van der Waals surface area contributed by atoms with E-state index in [1.807, 2.05) is 17.8 Å². The van der Waals surface area contributed by atoms with E-state index in [0.29, 0.717) is 11.1 Å². The lowest BCUT2D eigenvalue weighted by Gasteiger charge is -2.05. The monoisotopic (exact) mass is 266 g/mol. The number of aromatic nitrogens is 2. The van der Waals surface area contributed by atoms with Crippen LogP contribution in [-0.4, -0.2) is 20.6 Å². The number of fused-ring (bicyclic) bond motifs is 1. The fourth-order valence-corrected chi connectivity index (χ4v) is 2.52. The van der Waals surface area contributed by atoms with E-state index in [0.717, 1.165) is 10.9 Å². The molecule has 0 aliphatic carbocycles. The highest BCUT2D eigenvalue weighted by Gasteiger charge is 2.07. The number of hydrogen-bond donors (Lipinski definition) is 3.